The summed E-state index contributed by atoms with van der Waals surface area (Å²) in [6, 6.07) is 4.37. The Morgan fingerprint density at radius 1 is 1.50 bits per heavy atom. The van der Waals surface area contributed by atoms with Gasteiger partial charge in [0.1, 0.15) is 23.3 Å². The number of nitrogens with zero attached hydrogens (tertiary/aromatic N) is 2. The molecule has 1 heterocycles. The van der Waals surface area contributed by atoms with Crippen LogP contribution >= 0.6 is 11.6 Å². The van der Waals surface area contributed by atoms with Crippen LogP contribution in [0, 0.1) is 12.7 Å². The second-order valence-electron chi connectivity index (χ2n) is 4.63. The van der Waals surface area contributed by atoms with E-state index in [0.717, 1.165) is 11.3 Å². The molecule has 0 bridgehead atoms. The highest BCUT2D eigenvalue weighted by molar-refractivity contribution is 6.30. The number of halogens is 2. The number of hydrogen-bond acceptors (Lipinski definition) is 3. The van der Waals surface area contributed by atoms with Crippen molar-refractivity contribution in [2.45, 2.75) is 26.6 Å². The van der Waals surface area contributed by atoms with Crippen LogP contribution in [0.5, 0.6) is 5.75 Å². The van der Waals surface area contributed by atoms with Crippen LogP contribution in [-0.2, 0) is 13.7 Å². The van der Waals surface area contributed by atoms with Gasteiger partial charge in [0.2, 0.25) is 0 Å². The molecule has 0 spiro atoms. The Morgan fingerprint density at radius 2 is 2.20 bits per heavy atom. The molecular weight excluding hydrogens is 283 g/mol. The van der Waals surface area contributed by atoms with Crippen molar-refractivity contribution in [1.82, 2.24) is 9.78 Å². The molecule has 6 heteroatoms. The zero-order chi connectivity index (χ0) is 14.9. The smallest absolute Gasteiger partial charge is 0.133 e. The number of benzene rings is 1. The van der Waals surface area contributed by atoms with Gasteiger partial charge in [-0.3, -0.25) is 4.68 Å². The third kappa shape index (κ3) is 2.94. The van der Waals surface area contributed by atoms with Crippen molar-refractivity contribution < 1.29 is 14.2 Å². The fraction of sp³-hybridized carbons (Fsp3) is 0.357. The molecule has 1 N–H and O–H groups in total. The molecule has 108 valence electrons. The lowest BCUT2D eigenvalue weighted by Crippen LogP contribution is -2.00. The summed E-state index contributed by atoms with van der Waals surface area (Å²) < 4.78 is 20.8. The van der Waals surface area contributed by atoms with Crippen molar-refractivity contribution in [3.05, 3.63) is 46.0 Å². The van der Waals surface area contributed by atoms with Crippen LogP contribution < -0.4 is 4.74 Å². The van der Waals surface area contributed by atoms with Gasteiger partial charge in [-0.05, 0) is 26.0 Å². The summed E-state index contributed by atoms with van der Waals surface area (Å²) in [6.45, 7) is 3.56. The highest BCUT2D eigenvalue weighted by Gasteiger charge is 2.13. The lowest BCUT2D eigenvalue weighted by molar-refractivity contribution is 0.194. The van der Waals surface area contributed by atoms with Crippen LogP contribution in [0.25, 0.3) is 0 Å². The number of aryl methyl sites for hydroxylation is 2. The third-order valence-electron chi connectivity index (χ3n) is 3.08. The van der Waals surface area contributed by atoms with Crippen LogP contribution in [0.15, 0.2) is 18.2 Å². The lowest BCUT2D eigenvalue weighted by atomic mass is 10.1. The van der Waals surface area contributed by atoms with Crippen molar-refractivity contribution >= 4 is 11.6 Å². The normalized spacial score (nSPS) is 12.5. The Labute approximate surface area is 121 Å². The van der Waals surface area contributed by atoms with Gasteiger partial charge < -0.3 is 9.84 Å². The number of ether oxygens (including phenoxy) is 1. The summed E-state index contributed by atoms with van der Waals surface area (Å²) in [6.07, 6.45) is -0.848. The average molecular weight is 299 g/mol. The second-order valence-corrected chi connectivity index (χ2v) is 4.98. The number of aliphatic hydroxyl groups excluding tert-OH is 1. The van der Waals surface area contributed by atoms with Crippen LogP contribution in [-0.4, -0.2) is 14.9 Å². The molecule has 0 aliphatic heterocycles. The van der Waals surface area contributed by atoms with Gasteiger partial charge in [-0.1, -0.05) is 11.6 Å². The largest absolute Gasteiger partial charge is 0.489 e. The molecule has 0 fully saturated rings. The summed E-state index contributed by atoms with van der Waals surface area (Å²) in [4.78, 5) is 0. The highest BCUT2D eigenvalue weighted by atomic mass is 35.5. The Bertz CT molecular complexity index is 626. The third-order valence-corrected chi connectivity index (χ3v) is 3.55. The number of hydrogen-bond donors (Lipinski definition) is 1. The van der Waals surface area contributed by atoms with E-state index in [4.69, 9.17) is 16.3 Å². The van der Waals surface area contributed by atoms with Gasteiger partial charge in [0.25, 0.3) is 0 Å². The Morgan fingerprint density at radius 3 is 2.70 bits per heavy atom. The summed E-state index contributed by atoms with van der Waals surface area (Å²) in [5.41, 5.74) is 1.79. The van der Waals surface area contributed by atoms with Crippen molar-refractivity contribution in [2.75, 3.05) is 0 Å². The van der Waals surface area contributed by atoms with E-state index in [2.05, 4.69) is 5.10 Å². The van der Waals surface area contributed by atoms with Crippen LogP contribution in [0.2, 0.25) is 5.15 Å². The standard InChI is InChI=1S/C14H16ClFN2O2/c1-8-12(14(15)18(3)17-8)7-20-10-4-5-11(9(2)19)13(16)6-10/h4-6,9,19H,7H2,1-3H3/t9-/m0/s1. The van der Waals surface area contributed by atoms with Crippen LogP contribution in [0.1, 0.15) is 29.8 Å². The highest BCUT2D eigenvalue weighted by Crippen LogP contribution is 2.24. The van der Waals surface area contributed by atoms with Crippen molar-refractivity contribution in [3.63, 3.8) is 0 Å². The fourth-order valence-electron chi connectivity index (χ4n) is 1.93. The van der Waals surface area contributed by atoms with E-state index in [0.29, 0.717) is 10.9 Å². The summed E-state index contributed by atoms with van der Waals surface area (Å²) >= 11 is 6.09. The minimum atomic E-state index is -0.848. The Hall–Kier alpha value is -1.59. The first-order chi connectivity index (χ1) is 9.40. The zero-order valence-electron chi connectivity index (χ0n) is 11.5. The van der Waals surface area contributed by atoms with Gasteiger partial charge >= 0.3 is 0 Å². The molecule has 0 aliphatic carbocycles. The first kappa shape index (κ1) is 14.8. The maximum Gasteiger partial charge on any atom is 0.133 e. The predicted molar refractivity (Wildman–Crippen MR) is 74.3 cm³/mol. The number of rotatable bonds is 4. The molecule has 1 aromatic heterocycles. The number of aliphatic hydroxyl groups is 1. The number of aromatic nitrogens is 2. The van der Waals surface area contributed by atoms with E-state index in [1.54, 1.807) is 17.8 Å². The zero-order valence-corrected chi connectivity index (χ0v) is 12.3. The summed E-state index contributed by atoms with van der Waals surface area (Å²) in [7, 11) is 1.75. The topological polar surface area (TPSA) is 47.3 Å². The van der Waals surface area contributed by atoms with Gasteiger partial charge in [0, 0.05) is 24.2 Å². The van der Waals surface area contributed by atoms with E-state index in [-0.39, 0.29) is 12.2 Å². The maximum atomic E-state index is 13.7. The SMILES string of the molecule is Cc1nn(C)c(Cl)c1COc1ccc([C@H](C)O)c(F)c1. The lowest BCUT2D eigenvalue weighted by Gasteiger charge is -2.10. The van der Waals surface area contributed by atoms with Crippen LogP contribution in [0.4, 0.5) is 4.39 Å². The van der Waals surface area contributed by atoms with Gasteiger partial charge in [0.05, 0.1) is 11.8 Å². The van der Waals surface area contributed by atoms with Gasteiger partial charge in [0.15, 0.2) is 0 Å². The molecular formula is C14H16ClFN2O2. The van der Waals surface area contributed by atoms with Crippen molar-refractivity contribution in [1.29, 1.82) is 0 Å². The first-order valence-electron chi connectivity index (χ1n) is 6.18. The second kappa shape index (κ2) is 5.81. The molecule has 2 rings (SSSR count). The molecule has 0 saturated carbocycles. The molecule has 0 unspecified atom stereocenters. The molecule has 2 aromatic rings. The monoisotopic (exact) mass is 298 g/mol. The fourth-order valence-corrected chi connectivity index (χ4v) is 2.16. The maximum absolute atomic E-state index is 13.7. The predicted octanol–water partition coefficient (Wildman–Crippen LogP) is 3.15. The van der Waals surface area contributed by atoms with E-state index in [1.165, 1.54) is 19.1 Å². The minimum Gasteiger partial charge on any atom is -0.489 e. The van der Waals surface area contributed by atoms with Gasteiger partial charge in [-0.2, -0.15) is 5.10 Å². The van der Waals surface area contributed by atoms with Crippen molar-refractivity contribution in [3.8, 4) is 5.75 Å². The van der Waals surface area contributed by atoms with Gasteiger partial charge in [-0.25, -0.2) is 4.39 Å². The minimum absolute atomic E-state index is 0.214. The molecule has 0 aliphatic rings. The molecule has 0 saturated heterocycles. The first-order valence-corrected chi connectivity index (χ1v) is 6.56. The van der Waals surface area contributed by atoms with Gasteiger partial charge in [-0.15, -0.1) is 0 Å². The average Bonchev–Trinajstić information content (AvgIpc) is 2.61. The molecule has 4 nitrogen and oxygen atoms in total. The van der Waals surface area contributed by atoms with E-state index >= 15 is 0 Å². The van der Waals surface area contributed by atoms with Crippen LogP contribution in [0.3, 0.4) is 0 Å². The molecule has 0 amide bonds. The Balaban J connectivity index is 2.13. The van der Waals surface area contributed by atoms with E-state index in [1.807, 2.05) is 6.92 Å². The van der Waals surface area contributed by atoms with E-state index in [9.17, 15) is 9.50 Å². The molecule has 1 aromatic carbocycles. The quantitative estimate of drug-likeness (QED) is 0.943. The summed E-state index contributed by atoms with van der Waals surface area (Å²) in [5.74, 6) is -0.113. The molecule has 0 radical (unpaired) electrons. The molecule has 20 heavy (non-hydrogen) atoms. The Kier molecular flexibility index (Phi) is 4.30. The molecule has 1 atom stereocenters. The summed E-state index contributed by atoms with van der Waals surface area (Å²) in [5, 5.41) is 14.0. The van der Waals surface area contributed by atoms with E-state index < -0.39 is 11.9 Å². The van der Waals surface area contributed by atoms with Crippen molar-refractivity contribution in [2.24, 2.45) is 7.05 Å².